The van der Waals surface area contributed by atoms with Crippen LogP contribution in [-0.2, 0) is 10.0 Å². The number of methoxy groups -OCH3 is 1. The predicted molar refractivity (Wildman–Crippen MR) is 123 cm³/mol. The molecule has 33 heavy (non-hydrogen) atoms. The van der Waals surface area contributed by atoms with Crippen molar-refractivity contribution in [1.29, 1.82) is 0 Å². The third kappa shape index (κ3) is 5.30. The Morgan fingerprint density at radius 3 is 2.42 bits per heavy atom. The van der Waals surface area contributed by atoms with Gasteiger partial charge in [-0.2, -0.15) is 0 Å². The average Bonchev–Trinajstić information content (AvgIpc) is 3.28. The van der Waals surface area contributed by atoms with Gasteiger partial charge in [0, 0.05) is 21.8 Å². The van der Waals surface area contributed by atoms with E-state index in [1.54, 1.807) is 31.4 Å². The molecule has 11 heteroatoms. The largest absolute Gasteiger partial charge is 0.497 e. The molecule has 1 heterocycles. The maximum absolute atomic E-state index is 12.5. The van der Waals surface area contributed by atoms with Crippen molar-refractivity contribution in [3.05, 3.63) is 83.4 Å². The molecule has 0 spiro atoms. The molecule has 3 aromatic carbocycles. The van der Waals surface area contributed by atoms with Crippen LogP contribution in [0.3, 0.4) is 0 Å². The lowest BCUT2D eigenvalue weighted by Crippen LogP contribution is -2.14. The topological polar surface area (TPSA) is 123 Å². The molecule has 0 radical (unpaired) electrons. The zero-order valence-electron chi connectivity index (χ0n) is 17.2. The highest BCUT2D eigenvalue weighted by molar-refractivity contribution is 7.92. The highest BCUT2D eigenvalue weighted by Crippen LogP contribution is 2.24. The Labute approximate surface area is 194 Å². The Morgan fingerprint density at radius 2 is 1.73 bits per heavy atom. The fourth-order valence-electron chi connectivity index (χ4n) is 2.83. The first-order valence-corrected chi connectivity index (χ1v) is 11.4. The minimum absolute atomic E-state index is 0.0666. The van der Waals surface area contributed by atoms with E-state index in [1.165, 1.54) is 48.5 Å². The van der Waals surface area contributed by atoms with Crippen LogP contribution in [0.2, 0.25) is 5.02 Å². The fourth-order valence-corrected chi connectivity index (χ4v) is 4.02. The van der Waals surface area contributed by atoms with Gasteiger partial charge < -0.3 is 9.15 Å². The summed E-state index contributed by atoms with van der Waals surface area (Å²) in [7, 11) is -2.24. The molecule has 0 fully saturated rings. The molecule has 4 aromatic rings. The van der Waals surface area contributed by atoms with Crippen LogP contribution in [0.15, 0.2) is 82.1 Å². The van der Waals surface area contributed by atoms with Crippen molar-refractivity contribution < 1.29 is 22.4 Å². The second-order valence-corrected chi connectivity index (χ2v) is 8.85. The van der Waals surface area contributed by atoms with Crippen molar-refractivity contribution in [2.45, 2.75) is 4.90 Å². The quantitative estimate of drug-likeness (QED) is 0.397. The van der Waals surface area contributed by atoms with Crippen LogP contribution >= 0.6 is 11.6 Å². The zero-order chi connectivity index (χ0) is 23.4. The van der Waals surface area contributed by atoms with Gasteiger partial charge in [0.1, 0.15) is 5.75 Å². The summed E-state index contributed by atoms with van der Waals surface area (Å²) < 4.78 is 38.0. The first kappa shape index (κ1) is 22.3. The Hall–Kier alpha value is -3.89. The van der Waals surface area contributed by atoms with E-state index in [9.17, 15) is 13.2 Å². The molecule has 2 N–H and O–H groups in total. The number of nitrogens with one attached hydrogen (secondary N) is 2. The normalized spacial score (nSPS) is 11.1. The third-order valence-electron chi connectivity index (χ3n) is 4.49. The van der Waals surface area contributed by atoms with Gasteiger partial charge in [-0.1, -0.05) is 22.8 Å². The Bertz CT molecular complexity index is 1390. The summed E-state index contributed by atoms with van der Waals surface area (Å²) in [6.07, 6.45) is 0. The maximum Gasteiger partial charge on any atom is 0.322 e. The molecule has 0 saturated carbocycles. The Kier molecular flexibility index (Phi) is 6.29. The summed E-state index contributed by atoms with van der Waals surface area (Å²) in [4.78, 5) is 12.6. The number of nitrogens with zero attached hydrogens (tertiary/aromatic N) is 2. The number of benzene rings is 3. The van der Waals surface area contributed by atoms with Crippen molar-refractivity contribution in [3.63, 3.8) is 0 Å². The molecule has 168 valence electrons. The van der Waals surface area contributed by atoms with Gasteiger partial charge in [-0.15, -0.1) is 5.10 Å². The van der Waals surface area contributed by atoms with Crippen LogP contribution in [0.25, 0.3) is 11.5 Å². The molecule has 0 unspecified atom stereocenters. The predicted octanol–water partition coefficient (Wildman–Crippen LogP) is 4.45. The minimum Gasteiger partial charge on any atom is -0.497 e. The molecule has 1 amide bonds. The zero-order valence-corrected chi connectivity index (χ0v) is 18.7. The second-order valence-electron chi connectivity index (χ2n) is 6.74. The van der Waals surface area contributed by atoms with Crippen LogP contribution in [0.1, 0.15) is 10.4 Å². The SMILES string of the molecule is COc1cccc(-c2nnc(NC(=O)c3ccc(NS(=O)(=O)c4ccc(Cl)cc4)cc3)o2)c1. The average molecular weight is 485 g/mol. The molecule has 4 rings (SSSR count). The van der Waals surface area contributed by atoms with E-state index in [0.717, 1.165) is 0 Å². The lowest BCUT2D eigenvalue weighted by Gasteiger charge is -2.09. The van der Waals surface area contributed by atoms with Crippen LogP contribution in [-0.4, -0.2) is 31.6 Å². The molecule has 0 saturated heterocycles. The first-order valence-electron chi connectivity index (χ1n) is 9.52. The van der Waals surface area contributed by atoms with Gasteiger partial charge >= 0.3 is 6.01 Å². The molecule has 9 nitrogen and oxygen atoms in total. The van der Waals surface area contributed by atoms with Crippen LogP contribution < -0.4 is 14.8 Å². The van der Waals surface area contributed by atoms with Crippen molar-refractivity contribution in [2.24, 2.45) is 0 Å². The summed E-state index contributed by atoms with van der Waals surface area (Å²) >= 11 is 5.80. The fraction of sp³-hybridized carbons (Fsp3) is 0.0455. The van der Waals surface area contributed by atoms with Gasteiger partial charge in [0.25, 0.3) is 15.9 Å². The number of hydrogen-bond acceptors (Lipinski definition) is 7. The lowest BCUT2D eigenvalue weighted by atomic mass is 10.2. The van der Waals surface area contributed by atoms with Crippen molar-refractivity contribution in [1.82, 2.24) is 10.2 Å². The van der Waals surface area contributed by atoms with E-state index >= 15 is 0 Å². The van der Waals surface area contributed by atoms with Gasteiger partial charge in [0.2, 0.25) is 5.89 Å². The molecule has 0 aliphatic carbocycles. The monoisotopic (exact) mass is 484 g/mol. The van der Waals surface area contributed by atoms with Crippen LogP contribution in [0.5, 0.6) is 5.75 Å². The van der Waals surface area contributed by atoms with Crippen LogP contribution in [0, 0.1) is 0 Å². The van der Waals surface area contributed by atoms with E-state index in [2.05, 4.69) is 20.2 Å². The summed E-state index contributed by atoms with van der Waals surface area (Å²) in [5, 5.41) is 10.7. The number of sulfonamides is 1. The van der Waals surface area contributed by atoms with E-state index < -0.39 is 15.9 Å². The van der Waals surface area contributed by atoms with Gasteiger partial charge in [-0.25, -0.2) is 8.42 Å². The van der Waals surface area contributed by atoms with Gasteiger partial charge in [-0.3, -0.25) is 14.8 Å². The molecule has 0 aliphatic heterocycles. The van der Waals surface area contributed by atoms with Crippen LogP contribution in [0.4, 0.5) is 11.7 Å². The van der Waals surface area contributed by atoms with E-state index in [-0.39, 0.29) is 22.4 Å². The number of ether oxygens (including phenoxy) is 1. The Balaban J connectivity index is 1.42. The van der Waals surface area contributed by atoms with Gasteiger partial charge in [0.05, 0.1) is 12.0 Å². The molecule has 1 aromatic heterocycles. The lowest BCUT2D eigenvalue weighted by molar-refractivity contribution is 0.102. The van der Waals surface area contributed by atoms with Crippen molar-refractivity contribution in [2.75, 3.05) is 17.1 Å². The first-order chi connectivity index (χ1) is 15.8. The van der Waals surface area contributed by atoms with E-state index in [0.29, 0.717) is 22.0 Å². The number of carbonyl (C=O) groups excluding carboxylic acids is 1. The summed E-state index contributed by atoms with van der Waals surface area (Å²) in [6, 6.07) is 18.6. The highest BCUT2D eigenvalue weighted by Gasteiger charge is 2.16. The molecule has 0 aliphatic rings. The number of aromatic nitrogens is 2. The summed E-state index contributed by atoms with van der Waals surface area (Å²) in [5.41, 5.74) is 1.20. The number of anilines is 2. The third-order valence-corrected chi connectivity index (χ3v) is 6.13. The smallest absolute Gasteiger partial charge is 0.322 e. The summed E-state index contributed by atoms with van der Waals surface area (Å²) in [6.45, 7) is 0. The van der Waals surface area contributed by atoms with Crippen molar-refractivity contribution >= 4 is 39.2 Å². The van der Waals surface area contributed by atoms with E-state index in [4.69, 9.17) is 20.8 Å². The number of carbonyl (C=O) groups is 1. The molecular weight excluding hydrogens is 468 g/mol. The summed E-state index contributed by atoms with van der Waals surface area (Å²) in [5.74, 6) is 0.349. The van der Waals surface area contributed by atoms with E-state index in [1.807, 2.05) is 0 Å². The highest BCUT2D eigenvalue weighted by atomic mass is 35.5. The molecule has 0 bridgehead atoms. The van der Waals surface area contributed by atoms with Gasteiger partial charge in [0.15, 0.2) is 0 Å². The number of halogens is 1. The minimum atomic E-state index is -3.79. The number of amides is 1. The van der Waals surface area contributed by atoms with Gasteiger partial charge in [-0.05, 0) is 66.7 Å². The molecule has 0 atom stereocenters. The maximum atomic E-state index is 12.5. The standard InChI is InChI=1S/C22H17ClN4O5S/c1-31-18-4-2-3-15(13-18)21-25-26-22(32-21)24-20(28)14-5-9-17(10-6-14)27-33(29,30)19-11-7-16(23)8-12-19/h2-13,27H,1H3,(H,24,26,28). The van der Waals surface area contributed by atoms with Crippen molar-refractivity contribution in [3.8, 4) is 17.2 Å². The number of hydrogen-bond donors (Lipinski definition) is 2. The second kappa shape index (κ2) is 9.31. The molecular formula is C22H17ClN4O5S. The Morgan fingerprint density at radius 1 is 1.00 bits per heavy atom. The number of rotatable bonds is 7.